The Kier molecular flexibility index (Phi) is 4.34. The number of anilines is 2. The lowest BCUT2D eigenvalue weighted by atomic mass is 10.2. The minimum absolute atomic E-state index is 0.0922. The van der Waals surface area contributed by atoms with E-state index in [2.05, 4.69) is 15.3 Å². The van der Waals surface area contributed by atoms with Crippen LogP contribution in [0.25, 0.3) is 0 Å². The van der Waals surface area contributed by atoms with Crippen molar-refractivity contribution in [3.63, 3.8) is 0 Å². The molecule has 0 spiro atoms. The van der Waals surface area contributed by atoms with Gasteiger partial charge in [0.2, 0.25) is 0 Å². The van der Waals surface area contributed by atoms with Gasteiger partial charge in [0, 0.05) is 18.2 Å². The van der Waals surface area contributed by atoms with Crippen molar-refractivity contribution in [3.05, 3.63) is 46.4 Å². The molecule has 2 aromatic rings. The van der Waals surface area contributed by atoms with Gasteiger partial charge in [-0.2, -0.15) is 0 Å². The molecule has 1 heterocycles. The molecule has 1 aromatic heterocycles. The van der Waals surface area contributed by atoms with Crippen molar-refractivity contribution < 1.29 is 9.53 Å². The van der Waals surface area contributed by atoms with Gasteiger partial charge in [0.1, 0.15) is 16.7 Å². The molecule has 0 radical (unpaired) electrons. The first-order valence-electron chi connectivity index (χ1n) is 7.33. The van der Waals surface area contributed by atoms with Crippen molar-refractivity contribution in [1.82, 2.24) is 9.97 Å². The predicted molar refractivity (Wildman–Crippen MR) is 88.5 cm³/mol. The number of ether oxygens (including phenoxy) is 1. The molecule has 0 bridgehead atoms. The second-order valence-corrected chi connectivity index (χ2v) is 5.79. The van der Waals surface area contributed by atoms with Gasteiger partial charge in [0.25, 0.3) is 0 Å². The summed E-state index contributed by atoms with van der Waals surface area (Å²) in [5.41, 5.74) is 7.63. The van der Waals surface area contributed by atoms with E-state index in [9.17, 15) is 4.79 Å². The average molecular weight is 333 g/mol. The molecule has 3 rings (SSSR count). The Morgan fingerprint density at radius 2 is 2.13 bits per heavy atom. The maximum atomic E-state index is 11.9. The van der Waals surface area contributed by atoms with Crippen LogP contribution in [-0.2, 0) is 11.3 Å². The van der Waals surface area contributed by atoms with Crippen LogP contribution in [0.3, 0.4) is 0 Å². The van der Waals surface area contributed by atoms with Gasteiger partial charge in [-0.15, -0.1) is 0 Å². The molecule has 1 saturated carbocycles. The first kappa shape index (κ1) is 15.6. The monoisotopic (exact) mass is 332 g/mol. The summed E-state index contributed by atoms with van der Waals surface area (Å²) in [6.45, 7) is 0.453. The van der Waals surface area contributed by atoms with Crippen molar-refractivity contribution >= 4 is 29.1 Å². The van der Waals surface area contributed by atoms with Crippen LogP contribution in [-0.4, -0.2) is 23.0 Å². The van der Waals surface area contributed by atoms with Crippen LogP contribution in [0.15, 0.2) is 24.3 Å². The fourth-order valence-electron chi connectivity index (χ4n) is 2.21. The molecule has 1 aromatic carbocycles. The normalized spacial score (nSPS) is 13.7. The van der Waals surface area contributed by atoms with Crippen LogP contribution in [0.1, 0.15) is 40.6 Å². The summed E-state index contributed by atoms with van der Waals surface area (Å²) >= 11 is 6.27. The van der Waals surface area contributed by atoms with E-state index in [1.165, 1.54) is 7.11 Å². The smallest absolute Gasteiger partial charge is 0.358 e. The minimum atomic E-state index is -0.568. The molecule has 0 amide bonds. The van der Waals surface area contributed by atoms with Crippen LogP contribution >= 0.6 is 11.6 Å². The molecule has 1 aliphatic carbocycles. The molecule has 0 unspecified atom stereocenters. The second-order valence-electron chi connectivity index (χ2n) is 5.41. The molecule has 0 saturated heterocycles. The van der Waals surface area contributed by atoms with Crippen LogP contribution in [0.5, 0.6) is 0 Å². The van der Waals surface area contributed by atoms with Gasteiger partial charge in [-0.25, -0.2) is 14.8 Å². The van der Waals surface area contributed by atoms with E-state index in [4.69, 9.17) is 22.1 Å². The Balaban J connectivity index is 1.89. The van der Waals surface area contributed by atoms with Gasteiger partial charge < -0.3 is 15.8 Å². The highest BCUT2D eigenvalue weighted by atomic mass is 35.5. The number of aromatic nitrogens is 2. The molecule has 1 aliphatic rings. The van der Waals surface area contributed by atoms with Crippen molar-refractivity contribution in [2.24, 2.45) is 0 Å². The van der Waals surface area contributed by atoms with Gasteiger partial charge in [0.05, 0.1) is 7.11 Å². The van der Waals surface area contributed by atoms with E-state index in [0.717, 1.165) is 18.4 Å². The number of nitrogens with zero attached hydrogens (tertiary/aromatic N) is 2. The Morgan fingerprint density at radius 3 is 2.78 bits per heavy atom. The zero-order valence-corrected chi connectivity index (χ0v) is 13.4. The van der Waals surface area contributed by atoms with Crippen LogP contribution in [0.2, 0.25) is 5.02 Å². The molecule has 0 atom stereocenters. The summed E-state index contributed by atoms with van der Waals surface area (Å²) in [6, 6.07) is 7.52. The summed E-state index contributed by atoms with van der Waals surface area (Å²) in [4.78, 5) is 20.6. The number of nitrogen functional groups attached to an aromatic ring is 1. The number of halogens is 1. The quantitative estimate of drug-likeness (QED) is 0.646. The number of rotatable bonds is 5. The molecular formula is C16H17ClN4O2. The predicted octanol–water partition coefficient (Wildman–Crippen LogP) is 2.99. The summed E-state index contributed by atoms with van der Waals surface area (Å²) < 4.78 is 4.75. The zero-order chi connectivity index (χ0) is 16.4. The number of benzene rings is 1. The number of nitrogens with one attached hydrogen (secondary N) is 1. The Morgan fingerprint density at radius 1 is 1.39 bits per heavy atom. The topological polar surface area (TPSA) is 90.1 Å². The molecular weight excluding hydrogens is 316 g/mol. The Hall–Kier alpha value is -2.34. The summed E-state index contributed by atoms with van der Waals surface area (Å²) in [7, 11) is 1.30. The number of hydrogen-bond donors (Lipinski definition) is 2. The van der Waals surface area contributed by atoms with Crippen LogP contribution in [0.4, 0.5) is 11.5 Å². The first-order chi connectivity index (χ1) is 11.1. The fourth-order valence-corrected chi connectivity index (χ4v) is 2.44. The minimum Gasteiger partial charge on any atom is -0.464 e. The third-order valence-electron chi connectivity index (χ3n) is 3.69. The summed E-state index contributed by atoms with van der Waals surface area (Å²) in [5.74, 6) is 0.769. The van der Waals surface area contributed by atoms with E-state index in [1.807, 2.05) is 24.3 Å². The number of hydrogen-bond acceptors (Lipinski definition) is 6. The van der Waals surface area contributed by atoms with Gasteiger partial charge in [-0.1, -0.05) is 29.8 Å². The maximum Gasteiger partial charge on any atom is 0.358 e. The standard InChI is InChI=1S/C16H17ClN4O2/c1-23-16(22)13-12(17)15(21-14(20-13)9-6-7-9)19-8-10-4-2-3-5-11(10)18/h2-5,9H,6-8,18H2,1H3,(H,19,20,21). The third kappa shape index (κ3) is 3.37. The van der Waals surface area contributed by atoms with Crippen molar-refractivity contribution in [2.45, 2.75) is 25.3 Å². The summed E-state index contributed by atoms with van der Waals surface area (Å²) in [5, 5.41) is 3.30. The molecule has 1 fully saturated rings. The highest BCUT2D eigenvalue weighted by Crippen LogP contribution is 2.39. The average Bonchev–Trinajstić information content (AvgIpc) is 3.39. The molecule has 6 nitrogen and oxygen atoms in total. The van der Waals surface area contributed by atoms with Gasteiger partial charge in [-0.3, -0.25) is 0 Å². The molecule has 7 heteroatoms. The van der Waals surface area contributed by atoms with E-state index in [-0.39, 0.29) is 16.6 Å². The highest BCUT2D eigenvalue weighted by Gasteiger charge is 2.30. The number of carbonyl (C=O) groups is 1. The number of carbonyl (C=O) groups excluding carboxylic acids is 1. The molecule has 3 N–H and O–H groups in total. The number of para-hydroxylation sites is 1. The van der Waals surface area contributed by atoms with Crippen molar-refractivity contribution in [1.29, 1.82) is 0 Å². The molecule has 23 heavy (non-hydrogen) atoms. The number of esters is 1. The zero-order valence-electron chi connectivity index (χ0n) is 12.7. The van der Waals surface area contributed by atoms with E-state index < -0.39 is 5.97 Å². The van der Waals surface area contributed by atoms with Gasteiger partial charge >= 0.3 is 5.97 Å². The largest absolute Gasteiger partial charge is 0.464 e. The number of methoxy groups -OCH3 is 1. The Bertz CT molecular complexity index is 747. The Labute approximate surface area is 139 Å². The molecule has 120 valence electrons. The van der Waals surface area contributed by atoms with Crippen molar-refractivity contribution in [3.8, 4) is 0 Å². The third-order valence-corrected chi connectivity index (χ3v) is 4.05. The lowest BCUT2D eigenvalue weighted by Gasteiger charge is -2.12. The van der Waals surface area contributed by atoms with E-state index in [1.54, 1.807) is 0 Å². The van der Waals surface area contributed by atoms with Crippen molar-refractivity contribution in [2.75, 3.05) is 18.2 Å². The lowest BCUT2D eigenvalue weighted by Crippen LogP contribution is -2.13. The first-order valence-corrected chi connectivity index (χ1v) is 7.71. The lowest BCUT2D eigenvalue weighted by molar-refractivity contribution is 0.0593. The summed E-state index contributed by atoms with van der Waals surface area (Å²) in [6.07, 6.45) is 2.04. The van der Waals surface area contributed by atoms with Crippen LogP contribution in [0, 0.1) is 0 Å². The van der Waals surface area contributed by atoms with E-state index >= 15 is 0 Å². The SMILES string of the molecule is COC(=O)c1nc(C2CC2)nc(NCc2ccccc2N)c1Cl. The number of nitrogens with two attached hydrogens (primary N) is 1. The maximum absolute atomic E-state index is 11.9. The van der Waals surface area contributed by atoms with Gasteiger partial charge in [-0.05, 0) is 24.5 Å². The van der Waals surface area contributed by atoms with E-state index in [0.29, 0.717) is 23.9 Å². The van der Waals surface area contributed by atoms with Gasteiger partial charge in [0.15, 0.2) is 5.69 Å². The fraction of sp³-hybridized carbons (Fsp3) is 0.312. The molecule has 0 aliphatic heterocycles. The van der Waals surface area contributed by atoms with Crippen LogP contribution < -0.4 is 11.1 Å². The second kappa shape index (κ2) is 6.42. The highest BCUT2D eigenvalue weighted by molar-refractivity contribution is 6.35.